The van der Waals surface area contributed by atoms with Crippen LogP contribution in [0.1, 0.15) is 51.0 Å². The minimum absolute atomic E-state index is 0.719. The Kier molecular flexibility index (Phi) is 6.47. The maximum atomic E-state index is 8.82. The van der Waals surface area contributed by atoms with Crippen LogP contribution in [-0.2, 0) is 6.42 Å². The first kappa shape index (κ1) is 12.9. The minimum atomic E-state index is 0.719. The third kappa shape index (κ3) is 4.56. The van der Waals surface area contributed by atoms with Crippen molar-refractivity contribution in [3.05, 3.63) is 29.8 Å². The molecule has 2 heteroatoms. The molecule has 0 N–H and O–H groups in total. The molecule has 0 heterocycles. The van der Waals surface area contributed by atoms with Gasteiger partial charge in [0.05, 0.1) is 5.69 Å². The number of hydrogen-bond acceptors (Lipinski definition) is 1. The number of nitrogens with zero attached hydrogens (tertiary/aromatic N) is 2. The van der Waals surface area contributed by atoms with Crippen LogP contribution >= 0.6 is 0 Å². The lowest BCUT2D eigenvalue weighted by Crippen LogP contribution is -1.87. The molecule has 2 nitrogen and oxygen atoms in total. The van der Waals surface area contributed by atoms with E-state index in [4.69, 9.17) is 5.53 Å². The van der Waals surface area contributed by atoms with Crippen molar-refractivity contribution in [3.8, 4) is 0 Å². The highest BCUT2D eigenvalue weighted by molar-refractivity contribution is 5.44. The molecule has 1 rings (SSSR count). The van der Waals surface area contributed by atoms with Crippen molar-refractivity contribution in [3.63, 3.8) is 0 Å². The second kappa shape index (κ2) is 8.03. The highest BCUT2D eigenvalue weighted by atomic mass is 15.0. The van der Waals surface area contributed by atoms with E-state index in [1.54, 1.807) is 0 Å². The second-order valence-electron chi connectivity index (χ2n) is 4.25. The summed E-state index contributed by atoms with van der Waals surface area (Å²) in [5.74, 6) is 0. The van der Waals surface area contributed by atoms with E-state index in [0.29, 0.717) is 0 Å². The number of unbranched alkanes of at least 4 members (excludes halogenated alkanes) is 5. The van der Waals surface area contributed by atoms with Crippen LogP contribution in [0.15, 0.2) is 29.4 Å². The Hall–Kier alpha value is -1.18. The molecule has 0 unspecified atom stereocenters. The van der Waals surface area contributed by atoms with Gasteiger partial charge in [0, 0.05) is 0 Å². The molecule has 0 aliphatic carbocycles. The molecule has 16 heavy (non-hydrogen) atoms. The molecule has 0 saturated carbocycles. The van der Waals surface area contributed by atoms with E-state index in [1.807, 2.05) is 24.3 Å². The van der Waals surface area contributed by atoms with Gasteiger partial charge in [0.2, 0.25) is 0 Å². The van der Waals surface area contributed by atoms with Crippen molar-refractivity contribution in [1.82, 2.24) is 5.53 Å². The zero-order chi connectivity index (χ0) is 11.6. The van der Waals surface area contributed by atoms with Gasteiger partial charge in [0.15, 0.2) is 0 Å². The quantitative estimate of drug-likeness (QED) is 0.455. The van der Waals surface area contributed by atoms with E-state index in [2.05, 4.69) is 12.0 Å². The summed E-state index contributed by atoms with van der Waals surface area (Å²) in [7, 11) is 0. The van der Waals surface area contributed by atoms with Crippen molar-refractivity contribution in [1.29, 1.82) is 0 Å². The molecule has 1 aromatic carbocycles. The Bertz CT molecular complexity index is 307. The van der Waals surface area contributed by atoms with Gasteiger partial charge < -0.3 is 0 Å². The largest absolute Gasteiger partial charge is 0.129 e. The summed E-state index contributed by atoms with van der Waals surface area (Å²) in [4.78, 5) is 0. The van der Waals surface area contributed by atoms with E-state index < -0.39 is 0 Å². The fraction of sp³-hybridized carbons (Fsp3) is 0.571. The van der Waals surface area contributed by atoms with E-state index in [1.165, 1.54) is 38.5 Å². The normalized spacial score (nSPS) is 10.3. The van der Waals surface area contributed by atoms with Crippen molar-refractivity contribution < 1.29 is 0 Å². The van der Waals surface area contributed by atoms with Crippen molar-refractivity contribution in [2.75, 3.05) is 0 Å². The van der Waals surface area contributed by atoms with Crippen LogP contribution in [0.4, 0.5) is 5.69 Å². The molecule has 0 spiro atoms. The van der Waals surface area contributed by atoms with Gasteiger partial charge in [-0.3, -0.25) is 0 Å². The third-order valence-corrected chi connectivity index (χ3v) is 2.90. The van der Waals surface area contributed by atoms with Gasteiger partial charge in [-0.1, -0.05) is 57.2 Å². The van der Waals surface area contributed by atoms with E-state index in [-0.39, 0.29) is 0 Å². The Morgan fingerprint density at radius 3 is 2.44 bits per heavy atom. The van der Waals surface area contributed by atoms with Gasteiger partial charge in [-0.15, -0.1) is 5.11 Å². The summed E-state index contributed by atoms with van der Waals surface area (Å²) in [5, 5.41) is 3.30. The van der Waals surface area contributed by atoms with Crippen LogP contribution in [0.3, 0.4) is 0 Å². The Balaban J connectivity index is 2.23. The first-order chi connectivity index (χ1) is 7.88. The summed E-state index contributed by atoms with van der Waals surface area (Å²) < 4.78 is 0. The average molecular weight is 217 g/mol. The lowest BCUT2D eigenvalue weighted by atomic mass is 10.0. The third-order valence-electron chi connectivity index (χ3n) is 2.90. The summed E-state index contributed by atoms with van der Waals surface area (Å²) >= 11 is 0. The molecule has 0 amide bonds. The van der Waals surface area contributed by atoms with Crippen molar-refractivity contribution in [2.45, 2.75) is 51.9 Å². The molecule has 87 valence electrons. The molecule has 0 aliphatic heterocycles. The molecular weight excluding hydrogens is 196 g/mol. The van der Waals surface area contributed by atoms with Gasteiger partial charge in [0.1, 0.15) is 0 Å². The Morgan fingerprint density at radius 2 is 1.69 bits per heavy atom. The number of rotatable bonds is 8. The fourth-order valence-corrected chi connectivity index (χ4v) is 1.92. The van der Waals surface area contributed by atoms with Crippen LogP contribution in [0, 0.1) is 0 Å². The molecule has 0 aliphatic rings. The fourth-order valence-electron chi connectivity index (χ4n) is 1.92. The summed E-state index contributed by atoms with van der Waals surface area (Å²) in [5.41, 5.74) is 10.7. The van der Waals surface area contributed by atoms with E-state index in [0.717, 1.165) is 17.7 Å². The molecule has 0 aromatic heterocycles. The van der Waals surface area contributed by atoms with Gasteiger partial charge in [-0.2, -0.15) is 0 Å². The summed E-state index contributed by atoms with van der Waals surface area (Å²) in [6.45, 7) is 2.24. The standard InChI is InChI=1S/C14H21N2/c1-2-3-4-5-6-7-10-13-11-8-9-12-14(13)16-15/h8-9,11-12H,2-7,10H2,1H3. The van der Waals surface area contributed by atoms with Gasteiger partial charge in [-0.25, -0.2) is 0 Å². The summed E-state index contributed by atoms with van der Waals surface area (Å²) in [6.07, 6.45) is 8.81. The first-order valence-electron chi connectivity index (χ1n) is 6.31. The molecule has 0 bridgehead atoms. The predicted molar refractivity (Wildman–Crippen MR) is 67.7 cm³/mol. The number of hydrogen-bond donors (Lipinski definition) is 0. The second-order valence-corrected chi connectivity index (χ2v) is 4.25. The minimum Gasteiger partial charge on any atom is -0.129 e. The lowest BCUT2D eigenvalue weighted by Gasteiger charge is -2.03. The molecule has 1 aromatic rings. The van der Waals surface area contributed by atoms with Crippen LogP contribution in [0.5, 0.6) is 0 Å². The molecule has 0 atom stereocenters. The zero-order valence-electron chi connectivity index (χ0n) is 10.2. The van der Waals surface area contributed by atoms with Gasteiger partial charge in [0.25, 0.3) is 0 Å². The van der Waals surface area contributed by atoms with Crippen molar-refractivity contribution >= 4 is 5.69 Å². The van der Waals surface area contributed by atoms with Crippen LogP contribution in [-0.4, -0.2) is 0 Å². The molecule has 1 radical (unpaired) electrons. The van der Waals surface area contributed by atoms with Crippen LogP contribution in [0.2, 0.25) is 0 Å². The predicted octanol–water partition coefficient (Wildman–Crippen LogP) is 4.47. The van der Waals surface area contributed by atoms with Gasteiger partial charge >= 0.3 is 0 Å². The first-order valence-corrected chi connectivity index (χ1v) is 6.31. The van der Waals surface area contributed by atoms with Crippen molar-refractivity contribution in [2.24, 2.45) is 5.11 Å². The Labute approximate surface area is 98.6 Å². The SMILES string of the molecule is CCCCCCCCc1ccccc1N=[N]. The van der Waals surface area contributed by atoms with Gasteiger partial charge in [-0.05, 0) is 30.0 Å². The maximum absolute atomic E-state index is 8.82. The highest BCUT2D eigenvalue weighted by Crippen LogP contribution is 2.20. The zero-order valence-corrected chi connectivity index (χ0v) is 10.2. The van der Waals surface area contributed by atoms with E-state index >= 15 is 0 Å². The van der Waals surface area contributed by atoms with E-state index in [9.17, 15) is 0 Å². The highest BCUT2D eigenvalue weighted by Gasteiger charge is 2.00. The summed E-state index contributed by atoms with van der Waals surface area (Å²) in [6, 6.07) is 7.80. The number of aryl methyl sites for hydroxylation is 1. The maximum Gasteiger partial charge on any atom is 0.0907 e. The number of benzene rings is 1. The topological polar surface area (TPSA) is 34.7 Å². The average Bonchev–Trinajstić information content (AvgIpc) is 2.34. The Morgan fingerprint density at radius 1 is 1.00 bits per heavy atom. The monoisotopic (exact) mass is 217 g/mol. The van der Waals surface area contributed by atoms with Crippen LogP contribution in [0.25, 0.3) is 0 Å². The molecule has 0 saturated heterocycles. The molecule has 0 fully saturated rings. The molecular formula is C14H21N2. The van der Waals surface area contributed by atoms with Crippen LogP contribution < -0.4 is 5.53 Å². The smallest absolute Gasteiger partial charge is 0.0907 e. The lowest BCUT2D eigenvalue weighted by molar-refractivity contribution is 0.607.